The van der Waals surface area contributed by atoms with Gasteiger partial charge >= 0.3 is 11.0 Å². The van der Waals surface area contributed by atoms with Crippen molar-refractivity contribution in [1.29, 1.82) is 0 Å². The smallest absolute Gasteiger partial charge is 0.324 e. The summed E-state index contributed by atoms with van der Waals surface area (Å²) in [6.45, 7) is 4.46. The Balaban J connectivity index is 2.59. The van der Waals surface area contributed by atoms with Gasteiger partial charge in [0.15, 0.2) is 0 Å². The largest absolute Gasteiger partial charge is 0.468 e. The first-order valence-corrected chi connectivity index (χ1v) is 6.85. The summed E-state index contributed by atoms with van der Waals surface area (Å²) in [5.41, 5.74) is 0.800. The summed E-state index contributed by atoms with van der Waals surface area (Å²) in [4.78, 5) is 21.7. The molecular weight excluding hydrogens is 268 g/mol. The summed E-state index contributed by atoms with van der Waals surface area (Å²) in [5, 5.41) is 15.5. The third kappa shape index (κ3) is 4.96. The monoisotopic (exact) mass is 286 g/mol. The van der Waals surface area contributed by atoms with E-state index in [0.717, 1.165) is 16.9 Å². The Morgan fingerprint density at radius 2 is 2.26 bits per heavy atom. The van der Waals surface area contributed by atoms with Crippen molar-refractivity contribution >= 4 is 22.3 Å². The Kier molecular flexibility index (Phi) is 5.91. The van der Waals surface area contributed by atoms with Crippen molar-refractivity contribution in [2.45, 2.75) is 32.9 Å². The van der Waals surface area contributed by atoms with E-state index >= 15 is 0 Å². The van der Waals surface area contributed by atoms with Crippen molar-refractivity contribution in [3.05, 3.63) is 27.1 Å². The first-order chi connectivity index (χ1) is 8.93. The number of nitrogens with zero attached hydrogens (tertiary/aromatic N) is 1. The molecule has 1 N–H and O–H groups in total. The molecule has 0 aliphatic carbocycles. The molecule has 0 spiro atoms. The van der Waals surface area contributed by atoms with Crippen LogP contribution >= 0.6 is 11.3 Å². The second-order valence-electron chi connectivity index (χ2n) is 4.64. The molecule has 1 rings (SSSR count). The number of carbonyl (C=O) groups is 1. The van der Waals surface area contributed by atoms with Crippen molar-refractivity contribution in [2.75, 3.05) is 7.11 Å². The summed E-state index contributed by atoms with van der Waals surface area (Å²) < 4.78 is 4.74. The molecule has 0 radical (unpaired) electrons. The molecule has 7 heteroatoms. The predicted molar refractivity (Wildman–Crippen MR) is 73.1 cm³/mol. The Morgan fingerprint density at radius 3 is 2.74 bits per heavy atom. The molecule has 0 aliphatic rings. The SMILES string of the molecule is COC(=O)C(CC(C)C)NCc1csc([N+](=O)[O-])c1. The lowest BCUT2D eigenvalue weighted by Gasteiger charge is -2.17. The van der Waals surface area contributed by atoms with E-state index in [9.17, 15) is 14.9 Å². The van der Waals surface area contributed by atoms with E-state index in [-0.39, 0.29) is 17.0 Å². The Labute approximate surface area is 115 Å². The molecule has 1 unspecified atom stereocenters. The van der Waals surface area contributed by atoms with Crippen molar-refractivity contribution < 1.29 is 14.5 Å². The van der Waals surface area contributed by atoms with Gasteiger partial charge in [-0.05, 0) is 17.9 Å². The molecule has 1 aromatic rings. The Morgan fingerprint density at radius 1 is 1.58 bits per heavy atom. The zero-order chi connectivity index (χ0) is 14.4. The van der Waals surface area contributed by atoms with Gasteiger partial charge in [-0.2, -0.15) is 0 Å². The quantitative estimate of drug-likeness (QED) is 0.472. The van der Waals surface area contributed by atoms with Gasteiger partial charge in [0.05, 0.1) is 12.0 Å². The molecule has 1 aromatic heterocycles. The van der Waals surface area contributed by atoms with Gasteiger partial charge in [-0.15, -0.1) is 0 Å². The molecule has 0 fully saturated rings. The lowest BCUT2D eigenvalue weighted by atomic mass is 10.0. The van der Waals surface area contributed by atoms with E-state index < -0.39 is 4.92 Å². The van der Waals surface area contributed by atoms with E-state index in [2.05, 4.69) is 5.32 Å². The van der Waals surface area contributed by atoms with Crippen LogP contribution in [-0.4, -0.2) is 24.0 Å². The van der Waals surface area contributed by atoms with Gasteiger partial charge in [-0.25, -0.2) is 0 Å². The van der Waals surface area contributed by atoms with Crippen molar-refractivity contribution in [3.63, 3.8) is 0 Å². The fourth-order valence-corrected chi connectivity index (χ4v) is 2.40. The number of esters is 1. The van der Waals surface area contributed by atoms with Crippen molar-refractivity contribution in [2.24, 2.45) is 5.92 Å². The highest BCUT2D eigenvalue weighted by Crippen LogP contribution is 2.22. The number of nitrogens with one attached hydrogen (secondary N) is 1. The second-order valence-corrected chi connectivity index (χ2v) is 5.53. The van der Waals surface area contributed by atoms with Crippen LogP contribution in [0, 0.1) is 16.0 Å². The molecule has 19 heavy (non-hydrogen) atoms. The fraction of sp³-hybridized carbons (Fsp3) is 0.583. The summed E-state index contributed by atoms with van der Waals surface area (Å²) >= 11 is 1.08. The van der Waals surface area contributed by atoms with Gasteiger partial charge in [0.25, 0.3) is 0 Å². The van der Waals surface area contributed by atoms with Gasteiger partial charge in [0.1, 0.15) is 6.04 Å². The van der Waals surface area contributed by atoms with Crippen LogP contribution in [0.25, 0.3) is 0 Å². The zero-order valence-corrected chi connectivity index (χ0v) is 12.0. The van der Waals surface area contributed by atoms with E-state index in [1.807, 2.05) is 13.8 Å². The molecule has 0 saturated heterocycles. The van der Waals surface area contributed by atoms with Crippen LogP contribution in [0.2, 0.25) is 0 Å². The minimum Gasteiger partial charge on any atom is -0.468 e. The van der Waals surface area contributed by atoms with Gasteiger partial charge in [-0.3, -0.25) is 14.9 Å². The molecule has 106 valence electrons. The minimum atomic E-state index is -0.417. The first-order valence-electron chi connectivity index (χ1n) is 5.97. The topological polar surface area (TPSA) is 81.5 Å². The molecule has 0 bridgehead atoms. The highest BCUT2D eigenvalue weighted by molar-refractivity contribution is 7.13. The number of rotatable bonds is 7. The van der Waals surface area contributed by atoms with Crippen molar-refractivity contribution in [1.82, 2.24) is 5.32 Å². The molecule has 6 nitrogen and oxygen atoms in total. The number of ether oxygens (including phenoxy) is 1. The maximum Gasteiger partial charge on any atom is 0.324 e. The van der Waals surface area contributed by atoms with Gasteiger partial charge in [-0.1, -0.05) is 25.2 Å². The van der Waals surface area contributed by atoms with Crippen LogP contribution < -0.4 is 5.32 Å². The third-order valence-electron chi connectivity index (χ3n) is 2.57. The van der Waals surface area contributed by atoms with E-state index in [1.165, 1.54) is 13.2 Å². The maximum absolute atomic E-state index is 11.6. The average molecular weight is 286 g/mol. The highest BCUT2D eigenvalue weighted by Gasteiger charge is 2.20. The molecule has 1 heterocycles. The Hall–Kier alpha value is -1.47. The van der Waals surface area contributed by atoms with Crippen LogP contribution in [0.4, 0.5) is 5.00 Å². The number of methoxy groups -OCH3 is 1. The van der Waals surface area contributed by atoms with E-state index in [1.54, 1.807) is 5.38 Å². The molecular formula is C12H18N2O4S. The van der Waals surface area contributed by atoms with Crippen LogP contribution in [0.15, 0.2) is 11.4 Å². The summed E-state index contributed by atoms with van der Waals surface area (Å²) in [5.74, 6) is 0.0480. The fourth-order valence-electron chi connectivity index (χ4n) is 1.67. The third-order valence-corrected chi connectivity index (χ3v) is 3.49. The number of nitro groups is 1. The van der Waals surface area contributed by atoms with Gasteiger partial charge < -0.3 is 10.1 Å². The predicted octanol–water partition coefficient (Wildman–Crippen LogP) is 2.33. The standard InChI is InChI=1S/C12H18N2O4S/c1-8(2)4-10(12(15)18-3)13-6-9-5-11(14(16)17)19-7-9/h5,7-8,10,13H,4,6H2,1-3H3. The van der Waals surface area contributed by atoms with Gasteiger partial charge in [0.2, 0.25) is 0 Å². The molecule has 1 atom stereocenters. The van der Waals surface area contributed by atoms with Crippen LogP contribution in [0.1, 0.15) is 25.8 Å². The molecule has 0 saturated carbocycles. The number of hydrogen-bond donors (Lipinski definition) is 1. The first kappa shape index (κ1) is 15.6. The van der Waals surface area contributed by atoms with Crippen molar-refractivity contribution in [3.8, 4) is 0 Å². The Bertz CT molecular complexity index is 445. The molecule has 0 amide bonds. The maximum atomic E-state index is 11.6. The second kappa shape index (κ2) is 7.20. The number of carbonyl (C=O) groups excluding carboxylic acids is 1. The molecule has 0 aromatic carbocycles. The van der Waals surface area contributed by atoms with Gasteiger partial charge in [0, 0.05) is 18.0 Å². The summed E-state index contributed by atoms with van der Waals surface area (Å²) in [6.07, 6.45) is 0.666. The summed E-state index contributed by atoms with van der Waals surface area (Å²) in [6, 6.07) is 1.13. The molecule has 0 aliphatic heterocycles. The lowest BCUT2D eigenvalue weighted by Crippen LogP contribution is -2.38. The number of thiophene rings is 1. The van der Waals surface area contributed by atoms with E-state index in [4.69, 9.17) is 4.74 Å². The number of hydrogen-bond acceptors (Lipinski definition) is 6. The summed E-state index contributed by atoms with van der Waals surface area (Å²) in [7, 11) is 1.35. The lowest BCUT2D eigenvalue weighted by molar-refractivity contribution is -0.380. The zero-order valence-electron chi connectivity index (χ0n) is 11.2. The van der Waals surface area contributed by atoms with Crippen LogP contribution in [-0.2, 0) is 16.1 Å². The normalized spacial score (nSPS) is 12.4. The highest BCUT2D eigenvalue weighted by atomic mass is 32.1. The van der Waals surface area contributed by atoms with Crippen LogP contribution in [0.3, 0.4) is 0 Å². The minimum absolute atomic E-state index is 0.107. The average Bonchev–Trinajstić information content (AvgIpc) is 2.82. The van der Waals surface area contributed by atoms with Crippen LogP contribution in [0.5, 0.6) is 0 Å². The van der Waals surface area contributed by atoms with E-state index in [0.29, 0.717) is 18.9 Å².